The van der Waals surface area contributed by atoms with Crippen LogP contribution in [0.5, 0.6) is 5.75 Å². The van der Waals surface area contributed by atoms with Crippen molar-refractivity contribution in [2.75, 3.05) is 6.61 Å². The Morgan fingerprint density at radius 3 is 2.47 bits per heavy atom. The summed E-state index contributed by atoms with van der Waals surface area (Å²) >= 11 is 0. The Morgan fingerprint density at radius 2 is 2.00 bits per heavy atom. The van der Waals surface area contributed by atoms with Gasteiger partial charge in [-0.15, -0.1) is 0 Å². The van der Waals surface area contributed by atoms with Crippen LogP contribution in [-0.2, 0) is 0 Å². The van der Waals surface area contributed by atoms with E-state index in [0.29, 0.717) is 0 Å². The highest BCUT2D eigenvalue weighted by atomic mass is 19.4. The van der Waals surface area contributed by atoms with Gasteiger partial charge in [0.15, 0.2) is 0 Å². The second-order valence-electron chi connectivity index (χ2n) is 4.48. The lowest BCUT2D eigenvalue weighted by molar-refractivity contribution is -0.194. The summed E-state index contributed by atoms with van der Waals surface area (Å²) in [5, 5.41) is 8.81. The third kappa shape index (κ3) is 2.50. The number of ether oxygens (including phenoxy) is 1. The molecule has 0 atom stereocenters. The molecule has 0 bridgehead atoms. The molecule has 1 aliphatic carbocycles. The summed E-state index contributed by atoms with van der Waals surface area (Å²) in [5.74, 6) is -3.00. The van der Waals surface area contributed by atoms with E-state index in [2.05, 4.69) is 0 Å². The molecule has 1 fully saturated rings. The predicted octanol–water partition coefficient (Wildman–Crippen LogP) is 3.25. The minimum Gasteiger partial charge on any atom is -0.492 e. The normalized spacial score (nSPS) is 17.1. The largest absolute Gasteiger partial charge is 0.492 e. The molecule has 0 saturated heterocycles. The first-order valence-electron chi connectivity index (χ1n) is 5.48. The van der Waals surface area contributed by atoms with Crippen molar-refractivity contribution in [1.29, 1.82) is 0 Å². The van der Waals surface area contributed by atoms with E-state index in [1.807, 2.05) is 0 Å². The fraction of sp³-hybridized carbons (Fsp3) is 0.417. The maximum Gasteiger partial charge on any atom is 0.397 e. The summed E-state index contributed by atoms with van der Waals surface area (Å²) in [7, 11) is 0. The number of carboxylic acids is 1. The Labute approximate surface area is 105 Å². The van der Waals surface area contributed by atoms with E-state index >= 15 is 0 Å². The third-order valence-corrected chi connectivity index (χ3v) is 3.15. The molecule has 2 rings (SSSR count). The number of carboxylic acid groups (broad SMARTS) is 1. The minimum absolute atomic E-state index is 0.0613. The van der Waals surface area contributed by atoms with Gasteiger partial charge in [0.1, 0.15) is 29.2 Å². The van der Waals surface area contributed by atoms with Crippen LogP contribution in [0.1, 0.15) is 23.2 Å². The van der Waals surface area contributed by atoms with E-state index in [1.165, 1.54) is 6.07 Å². The van der Waals surface area contributed by atoms with Gasteiger partial charge in [-0.25, -0.2) is 9.18 Å². The number of rotatable bonds is 4. The first-order chi connectivity index (χ1) is 8.77. The van der Waals surface area contributed by atoms with Crippen LogP contribution in [0.15, 0.2) is 18.2 Å². The van der Waals surface area contributed by atoms with Gasteiger partial charge >= 0.3 is 12.1 Å². The second kappa shape index (κ2) is 4.40. The number of benzene rings is 1. The zero-order valence-electron chi connectivity index (χ0n) is 9.63. The van der Waals surface area contributed by atoms with Gasteiger partial charge in [-0.3, -0.25) is 0 Å². The van der Waals surface area contributed by atoms with Crippen LogP contribution in [0.4, 0.5) is 17.6 Å². The second-order valence-corrected chi connectivity index (χ2v) is 4.48. The van der Waals surface area contributed by atoms with Gasteiger partial charge < -0.3 is 9.84 Å². The summed E-state index contributed by atoms with van der Waals surface area (Å²) in [4.78, 5) is 10.8. The summed E-state index contributed by atoms with van der Waals surface area (Å²) in [6.45, 7) is -0.694. The van der Waals surface area contributed by atoms with Gasteiger partial charge in [-0.2, -0.15) is 13.2 Å². The van der Waals surface area contributed by atoms with Gasteiger partial charge in [-0.1, -0.05) is 6.07 Å². The zero-order valence-corrected chi connectivity index (χ0v) is 9.63. The molecule has 19 heavy (non-hydrogen) atoms. The van der Waals surface area contributed by atoms with Gasteiger partial charge in [0, 0.05) is 0 Å². The Balaban J connectivity index is 2.17. The number of halogens is 4. The van der Waals surface area contributed by atoms with E-state index in [0.717, 1.165) is 12.1 Å². The van der Waals surface area contributed by atoms with Crippen LogP contribution in [0.25, 0.3) is 0 Å². The SMILES string of the molecule is O=C(O)c1c(F)cccc1OCC1(C(F)(F)F)CC1. The van der Waals surface area contributed by atoms with Crippen LogP contribution in [-0.4, -0.2) is 23.9 Å². The van der Waals surface area contributed by atoms with Crippen molar-refractivity contribution in [2.45, 2.75) is 19.0 Å². The molecular weight excluding hydrogens is 268 g/mol. The van der Waals surface area contributed by atoms with E-state index in [-0.39, 0.29) is 18.6 Å². The molecule has 1 aromatic rings. The van der Waals surface area contributed by atoms with Crippen molar-refractivity contribution >= 4 is 5.97 Å². The fourth-order valence-electron chi connectivity index (χ4n) is 1.71. The highest BCUT2D eigenvalue weighted by Gasteiger charge is 2.63. The predicted molar refractivity (Wildman–Crippen MR) is 56.6 cm³/mol. The highest BCUT2D eigenvalue weighted by molar-refractivity contribution is 5.91. The average molecular weight is 278 g/mol. The highest BCUT2D eigenvalue weighted by Crippen LogP contribution is 2.57. The Hall–Kier alpha value is -1.79. The third-order valence-electron chi connectivity index (χ3n) is 3.15. The standard InChI is InChI=1S/C12H10F4O3/c13-7-2-1-3-8(9(7)10(17)18)19-6-11(4-5-11)12(14,15)16/h1-3H,4-6H2,(H,17,18). The smallest absolute Gasteiger partial charge is 0.397 e. The van der Waals surface area contributed by atoms with Crippen molar-refractivity contribution in [1.82, 2.24) is 0 Å². The lowest BCUT2D eigenvalue weighted by atomic mass is 10.1. The van der Waals surface area contributed by atoms with Crippen molar-refractivity contribution in [3.05, 3.63) is 29.6 Å². The van der Waals surface area contributed by atoms with E-state index in [4.69, 9.17) is 9.84 Å². The Morgan fingerprint density at radius 1 is 1.37 bits per heavy atom. The fourth-order valence-corrected chi connectivity index (χ4v) is 1.71. The molecule has 0 aromatic heterocycles. The lowest BCUT2D eigenvalue weighted by Crippen LogP contribution is -2.30. The zero-order chi connectivity index (χ0) is 14.3. The van der Waals surface area contributed by atoms with Crippen molar-refractivity contribution < 1.29 is 32.2 Å². The number of aromatic carboxylic acids is 1. The maximum atomic E-state index is 13.3. The first-order valence-corrected chi connectivity index (χ1v) is 5.48. The molecule has 0 aliphatic heterocycles. The molecule has 0 radical (unpaired) electrons. The molecular formula is C12H10F4O3. The molecule has 0 spiro atoms. The minimum atomic E-state index is -4.40. The van der Waals surface area contributed by atoms with Gasteiger partial charge in [0.25, 0.3) is 0 Å². The van der Waals surface area contributed by atoms with E-state index in [1.54, 1.807) is 0 Å². The van der Waals surface area contributed by atoms with Crippen LogP contribution >= 0.6 is 0 Å². The number of hydrogen-bond donors (Lipinski definition) is 1. The van der Waals surface area contributed by atoms with Gasteiger partial charge in [-0.05, 0) is 25.0 Å². The summed E-state index contributed by atoms with van der Waals surface area (Å²) in [5.41, 5.74) is -2.67. The summed E-state index contributed by atoms with van der Waals surface area (Å²) < 4.78 is 56.2. The van der Waals surface area contributed by atoms with E-state index in [9.17, 15) is 22.4 Å². The van der Waals surface area contributed by atoms with Gasteiger partial charge in [0.2, 0.25) is 0 Å². The Bertz CT molecular complexity index is 506. The monoisotopic (exact) mass is 278 g/mol. The molecule has 1 N–H and O–H groups in total. The molecule has 0 heterocycles. The molecule has 0 amide bonds. The van der Waals surface area contributed by atoms with Gasteiger partial charge in [0.05, 0.1) is 0 Å². The van der Waals surface area contributed by atoms with Crippen LogP contribution < -0.4 is 4.74 Å². The Kier molecular flexibility index (Phi) is 3.15. The van der Waals surface area contributed by atoms with E-state index < -0.39 is 35.5 Å². The first kappa shape index (κ1) is 13.6. The molecule has 0 unspecified atom stereocenters. The van der Waals surface area contributed by atoms with Crippen molar-refractivity contribution in [3.63, 3.8) is 0 Å². The number of hydrogen-bond acceptors (Lipinski definition) is 2. The maximum absolute atomic E-state index is 13.3. The quantitative estimate of drug-likeness (QED) is 0.860. The van der Waals surface area contributed by atoms with Crippen molar-refractivity contribution in [2.24, 2.45) is 5.41 Å². The molecule has 3 nitrogen and oxygen atoms in total. The number of carbonyl (C=O) groups is 1. The molecule has 7 heteroatoms. The topological polar surface area (TPSA) is 46.5 Å². The van der Waals surface area contributed by atoms with Crippen LogP contribution in [0.3, 0.4) is 0 Å². The number of alkyl halides is 3. The summed E-state index contributed by atoms with van der Waals surface area (Å²) in [6.07, 6.45) is -4.52. The van der Waals surface area contributed by atoms with Crippen molar-refractivity contribution in [3.8, 4) is 5.75 Å². The molecule has 1 saturated carbocycles. The molecule has 1 aromatic carbocycles. The molecule has 104 valence electrons. The molecule has 1 aliphatic rings. The van der Waals surface area contributed by atoms with Crippen LogP contribution in [0.2, 0.25) is 0 Å². The summed E-state index contributed by atoms with van der Waals surface area (Å²) in [6, 6.07) is 3.23. The average Bonchev–Trinajstić information content (AvgIpc) is 3.05. The van der Waals surface area contributed by atoms with Crippen LogP contribution in [0, 0.1) is 11.2 Å². The lowest BCUT2D eigenvalue weighted by Gasteiger charge is -2.20.